The first-order chi connectivity index (χ1) is 9.15. The molecule has 0 saturated carbocycles. The van der Waals surface area contributed by atoms with Crippen LogP contribution in [0, 0.1) is 6.92 Å². The number of benzene rings is 2. The van der Waals surface area contributed by atoms with E-state index in [-0.39, 0.29) is 0 Å². The van der Waals surface area contributed by atoms with E-state index >= 15 is 0 Å². The normalized spacial score (nSPS) is 15.3. The molecule has 1 N–H and O–H groups in total. The third-order valence-electron chi connectivity index (χ3n) is 3.89. The monoisotopic (exact) mass is 272 g/mol. The van der Waals surface area contributed by atoms with Crippen molar-refractivity contribution in [2.24, 2.45) is 0 Å². The topological polar surface area (TPSA) is 20.2 Å². The van der Waals surface area contributed by atoms with E-state index < -0.39 is 6.10 Å². The molecule has 2 aromatic carbocycles. The van der Waals surface area contributed by atoms with E-state index in [1.807, 2.05) is 31.2 Å². The fraction of sp³-hybridized carbons (Fsp3) is 0.294. The van der Waals surface area contributed by atoms with Gasteiger partial charge in [0.05, 0.1) is 0 Å². The van der Waals surface area contributed by atoms with Crippen LogP contribution in [0.5, 0.6) is 0 Å². The summed E-state index contributed by atoms with van der Waals surface area (Å²) in [5, 5.41) is 11.1. The summed E-state index contributed by atoms with van der Waals surface area (Å²) in [6.45, 7) is 2.00. The number of aliphatic hydroxyl groups excluding tert-OH is 1. The van der Waals surface area contributed by atoms with Crippen LogP contribution in [0.3, 0.4) is 0 Å². The van der Waals surface area contributed by atoms with Crippen molar-refractivity contribution < 1.29 is 5.11 Å². The van der Waals surface area contributed by atoms with Gasteiger partial charge in [0.1, 0.15) is 6.10 Å². The van der Waals surface area contributed by atoms with Crippen LogP contribution < -0.4 is 0 Å². The van der Waals surface area contributed by atoms with Gasteiger partial charge in [-0.15, -0.1) is 0 Å². The average molecular weight is 273 g/mol. The van der Waals surface area contributed by atoms with E-state index in [0.717, 1.165) is 29.5 Å². The first kappa shape index (κ1) is 12.7. The Hall–Kier alpha value is -1.31. The van der Waals surface area contributed by atoms with Crippen molar-refractivity contribution in [3.05, 3.63) is 69.2 Å². The predicted molar refractivity (Wildman–Crippen MR) is 78.7 cm³/mol. The molecular formula is C17H17ClO. The van der Waals surface area contributed by atoms with Gasteiger partial charge in [0.15, 0.2) is 0 Å². The maximum Gasteiger partial charge on any atom is 0.105 e. The SMILES string of the molecule is Cc1ccc(C(O)c2ccc3c(c2)CCC3)c(Cl)c1. The number of hydrogen-bond donors (Lipinski definition) is 1. The lowest BCUT2D eigenvalue weighted by atomic mass is 9.97. The molecule has 1 aliphatic rings. The molecule has 0 fully saturated rings. The fourth-order valence-electron chi connectivity index (χ4n) is 2.80. The molecular weight excluding hydrogens is 256 g/mol. The number of aryl methyl sites for hydroxylation is 3. The van der Waals surface area contributed by atoms with Gasteiger partial charge in [-0.25, -0.2) is 0 Å². The highest BCUT2D eigenvalue weighted by Crippen LogP contribution is 2.31. The first-order valence-electron chi connectivity index (χ1n) is 6.71. The molecule has 0 radical (unpaired) electrons. The van der Waals surface area contributed by atoms with Crippen molar-refractivity contribution in [1.82, 2.24) is 0 Å². The lowest BCUT2D eigenvalue weighted by Gasteiger charge is -2.15. The maximum atomic E-state index is 10.5. The second-order valence-electron chi connectivity index (χ2n) is 5.31. The van der Waals surface area contributed by atoms with E-state index in [1.165, 1.54) is 17.5 Å². The van der Waals surface area contributed by atoms with Crippen molar-refractivity contribution in [3.8, 4) is 0 Å². The summed E-state index contributed by atoms with van der Waals surface area (Å²) in [5.74, 6) is 0. The van der Waals surface area contributed by atoms with Gasteiger partial charge in [-0.2, -0.15) is 0 Å². The summed E-state index contributed by atoms with van der Waals surface area (Å²) in [6, 6.07) is 12.1. The minimum absolute atomic E-state index is 0.632. The van der Waals surface area contributed by atoms with E-state index in [9.17, 15) is 5.11 Å². The number of rotatable bonds is 2. The van der Waals surface area contributed by atoms with Crippen LogP contribution >= 0.6 is 11.6 Å². The van der Waals surface area contributed by atoms with Gasteiger partial charge >= 0.3 is 0 Å². The molecule has 0 aliphatic heterocycles. The number of aliphatic hydroxyl groups is 1. The highest BCUT2D eigenvalue weighted by molar-refractivity contribution is 6.31. The van der Waals surface area contributed by atoms with Gasteiger partial charge in [0, 0.05) is 10.6 Å². The van der Waals surface area contributed by atoms with Gasteiger partial charge in [0.2, 0.25) is 0 Å². The molecule has 1 aliphatic carbocycles. The van der Waals surface area contributed by atoms with E-state index in [4.69, 9.17) is 11.6 Å². The van der Waals surface area contributed by atoms with E-state index in [2.05, 4.69) is 12.1 Å². The van der Waals surface area contributed by atoms with Crippen LogP contribution in [0.2, 0.25) is 5.02 Å². The molecule has 1 atom stereocenters. The minimum Gasteiger partial charge on any atom is -0.384 e. The second kappa shape index (κ2) is 4.99. The second-order valence-corrected chi connectivity index (χ2v) is 5.72. The summed E-state index contributed by atoms with van der Waals surface area (Å²) < 4.78 is 0. The Labute approximate surface area is 118 Å². The standard InChI is InChI=1S/C17H17ClO/c1-11-5-8-15(16(18)9-11)17(19)14-7-6-12-3-2-4-13(12)10-14/h5-10,17,19H,2-4H2,1H3. The van der Waals surface area contributed by atoms with Crippen molar-refractivity contribution in [3.63, 3.8) is 0 Å². The first-order valence-corrected chi connectivity index (χ1v) is 7.09. The Balaban J connectivity index is 1.97. The quantitative estimate of drug-likeness (QED) is 0.868. The van der Waals surface area contributed by atoms with Gasteiger partial charge in [0.25, 0.3) is 0 Å². The third-order valence-corrected chi connectivity index (χ3v) is 4.22. The van der Waals surface area contributed by atoms with Gasteiger partial charge in [-0.3, -0.25) is 0 Å². The van der Waals surface area contributed by atoms with Crippen molar-refractivity contribution in [1.29, 1.82) is 0 Å². The smallest absolute Gasteiger partial charge is 0.105 e. The van der Waals surface area contributed by atoms with Crippen molar-refractivity contribution in [2.75, 3.05) is 0 Å². The van der Waals surface area contributed by atoms with Gasteiger partial charge in [-0.1, -0.05) is 41.9 Å². The summed E-state index contributed by atoms with van der Waals surface area (Å²) in [6.07, 6.45) is 2.87. The zero-order valence-electron chi connectivity index (χ0n) is 11.0. The molecule has 0 spiro atoms. The van der Waals surface area contributed by atoms with Gasteiger partial charge < -0.3 is 5.11 Å². The highest BCUT2D eigenvalue weighted by Gasteiger charge is 2.17. The lowest BCUT2D eigenvalue weighted by molar-refractivity contribution is 0.220. The van der Waals surface area contributed by atoms with Crippen LogP contribution in [0.4, 0.5) is 0 Å². The molecule has 2 aromatic rings. The lowest BCUT2D eigenvalue weighted by Crippen LogP contribution is -2.01. The Bertz CT molecular complexity index is 619. The Morgan fingerprint density at radius 2 is 1.84 bits per heavy atom. The van der Waals surface area contributed by atoms with Crippen molar-refractivity contribution in [2.45, 2.75) is 32.3 Å². The zero-order chi connectivity index (χ0) is 13.4. The van der Waals surface area contributed by atoms with E-state index in [0.29, 0.717) is 5.02 Å². The molecule has 1 unspecified atom stereocenters. The summed E-state index contributed by atoms with van der Waals surface area (Å²) in [5.41, 5.74) is 5.62. The molecule has 2 heteroatoms. The summed E-state index contributed by atoms with van der Waals surface area (Å²) >= 11 is 6.23. The van der Waals surface area contributed by atoms with Crippen LogP contribution in [0.25, 0.3) is 0 Å². The molecule has 0 bridgehead atoms. The Morgan fingerprint density at radius 1 is 1.05 bits per heavy atom. The van der Waals surface area contributed by atoms with Crippen molar-refractivity contribution >= 4 is 11.6 Å². The average Bonchev–Trinajstić information content (AvgIpc) is 2.85. The Kier molecular flexibility index (Phi) is 3.34. The molecule has 0 aromatic heterocycles. The maximum absolute atomic E-state index is 10.5. The molecule has 0 heterocycles. The molecule has 3 rings (SSSR count). The zero-order valence-corrected chi connectivity index (χ0v) is 11.7. The van der Waals surface area contributed by atoms with Crippen LogP contribution in [0.15, 0.2) is 36.4 Å². The summed E-state index contributed by atoms with van der Waals surface area (Å²) in [4.78, 5) is 0. The fourth-order valence-corrected chi connectivity index (χ4v) is 3.13. The van der Waals surface area contributed by atoms with Crippen LogP contribution in [-0.4, -0.2) is 5.11 Å². The Morgan fingerprint density at radius 3 is 2.63 bits per heavy atom. The largest absolute Gasteiger partial charge is 0.384 e. The highest BCUT2D eigenvalue weighted by atomic mass is 35.5. The van der Waals surface area contributed by atoms with Crippen LogP contribution in [0.1, 0.15) is 40.3 Å². The van der Waals surface area contributed by atoms with E-state index in [1.54, 1.807) is 0 Å². The van der Waals surface area contributed by atoms with Crippen LogP contribution in [-0.2, 0) is 12.8 Å². The number of halogens is 1. The predicted octanol–water partition coefficient (Wildman–Crippen LogP) is 4.22. The molecule has 19 heavy (non-hydrogen) atoms. The summed E-state index contributed by atoms with van der Waals surface area (Å²) in [7, 11) is 0. The molecule has 0 amide bonds. The van der Waals surface area contributed by atoms with Gasteiger partial charge in [-0.05, 0) is 54.5 Å². The molecule has 98 valence electrons. The number of hydrogen-bond acceptors (Lipinski definition) is 1. The minimum atomic E-state index is -0.640. The third kappa shape index (κ3) is 2.41. The molecule has 0 saturated heterocycles. The number of fused-ring (bicyclic) bond motifs is 1. The molecule has 1 nitrogen and oxygen atoms in total.